The SMILES string of the molecule is Cc1ccc(C(Cc2ccccc2)C(=O)Nc2nnn3ccccc23)cc1. The summed E-state index contributed by atoms with van der Waals surface area (Å²) in [6.07, 6.45) is 2.42. The standard InChI is InChI=1S/C22H20N4O/c1-16-10-12-18(13-11-16)19(15-17-7-3-2-4-8-17)22(27)23-21-20-9-5-6-14-26(20)25-24-21/h2-14,19H,15H2,1H3,(H,23,27). The molecule has 5 nitrogen and oxygen atoms in total. The number of carbonyl (C=O) groups is 1. The molecular weight excluding hydrogens is 336 g/mol. The van der Waals surface area contributed by atoms with E-state index >= 15 is 0 Å². The summed E-state index contributed by atoms with van der Waals surface area (Å²) < 4.78 is 1.65. The van der Waals surface area contributed by atoms with Gasteiger partial charge in [-0.3, -0.25) is 4.79 Å². The number of pyridine rings is 1. The number of nitrogens with zero attached hydrogens (tertiary/aromatic N) is 3. The Balaban J connectivity index is 1.64. The lowest BCUT2D eigenvalue weighted by molar-refractivity contribution is -0.117. The molecule has 0 bridgehead atoms. The Kier molecular flexibility index (Phi) is 4.66. The summed E-state index contributed by atoms with van der Waals surface area (Å²) in [6, 6.07) is 23.8. The van der Waals surface area contributed by atoms with Crippen molar-refractivity contribution in [2.45, 2.75) is 19.3 Å². The number of carbonyl (C=O) groups excluding carboxylic acids is 1. The van der Waals surface area contributed by atoms with E-state index in [2.05, 4.69) is 15.6 Å². The van der Waals surface area contributed by atoms with Crippen molar-refractivity contribution in [3.63, 3.8) is 0 Å². The summed E-state index contributed by atoms with van der Waals surface area (Å²) in [5, 5.41) is 11.1. The van der Waals surface area contributed by atoms with Crippen LogP contribution in [0.15, 0.2) is 79.0 Å². The zero-order chi connectivity index (χ0) is 18.6. The van der Waals surface area contributed by atoms with Crippen molar-refractivity contribution in [2.75, 3.05) is 5.32 Å². The number of benzene rings is 2. The molecular formula is C22H20N4O. The number of anilines is 1. The molecule has 2 aromatic heterocycles. The summed E-state index contributed by atoms with van der Waals surface area (Å²) in [5.41, 5.74) is 4.04. The van der Waals surface area contributed by atoms with Gasteiger partial charge in [0.05, 0.1) is 5.92 Å². The first-order valence-corrected chi connectivity index (χ1v) is 8.92. The Labute approximate surface area is 157 Å². The molecule has 0 aliphatic rings. The van der Waals surface area contributed by atoms with E-state index in [0.717, 1.165) is 16.6 Å². The van der Waals surface area contributed by atoms with Crippen LogP contribution in [0.1, 0.15) is 22.6 Å². The topological polar surface area (TPSA) is 59.3 Å². The lowest BCUT2D eigenvalue weighted by atomic mass is 9.90. The minimum Gasteiger partial charge on any atom is -0.307 e. The van der Waals surface area contributed by atoms with Crippen molar-refractivity contribution < 1.29 is 4.79 Å². The molecule has 1 atom stereocenters. The number of hydrogen-bond donors (Lipinski definition) is 1. The van der Waals surface area contributed by atoms with Crippen molar-refractivity contribution in [2.24, 2.45) is 0 Å². The number of aromatic nitrogens is 3. The monoisotopic (exact) mass is 356 g/mol. The van der Waals surface area contributed by atoms with E-state index in [4.69, 9.17) is 0 Å². The summed E-state index contributed by atoms with van der Waals surface area (Å²) in [6.45, 7) is 2.04. The van der Waals surface area contributed by atoms with Crippen molar-refractivity contribution >= 4 is 17.2 Å². The minimum absolute atomic E-state index is 0.0889. The molecule has 0 radical (unpaired) electrons. The van der Waals surface area contributed by atoms with Crippen molar-refractivity contribution in [1.29, 1.82) is 0 Å². The van der Waals surface area contributed by atoms with E-state index in [1.165, 1.54) is 5.56 Å². The van der Waals surface area contributed by atoms with Crippen LogP contribution in [0.25, 0.3) is 5.52 Å². The van der Waals surface area contributed by atoms with Crippen LogP contribution in [0.3, 0.4) is 0 Å². The van der Waals surface area contributed by atoms with Crippen molar-refractivity contribution in [3.05, 3.63) is 95.7 Å². The van der Waals surface area contributed by atoms with Gasteiger partial charge in [0, 0.05) is 6.20 Å². The average Bonchev–Trinajstić information content (AvgIpc) is 3.11. The molecule has 2 aromatic carbocycles. The van der Waals surface area contributed by atoms with Gasteiger partial charge in [-0.05, 0) is 36.6 Å². The second kappa shape index (κ2) is 7.41. The molecule has 0 saturated carbocycles. The molecule has 0 fully saturated rings. The van der Waals surface area contributed by atoms with Gasteiger partial charge in [-0.15, -0.1) is 5.10 Å². The molecule has 1 N–H and O–H groups in total. The first kappa shape index (κ1) is 17.0. The highest BCUT2D eigenvalue weighted by Gasteiger charge is 2.23. The van der Waals surface area contributed by atoms with Crippen LogP contribution in [0.5, 0.6) is 0 Å². The van der Waals surface area contributed by atoms with Crippen LogP contribution in [-0.4, -0.2) is 20.7 Å². The largest absolute Gasteiger partial charge is 0.307 e. The second-order valence-corrected chi connectivity index (χ2v) is 6.61. The number of hydrogen-bond acceptors (Lipinski definition) is 3. The Morgan fingerprint density at radius 3 is 2.52 bits per heavy atom. The Bertz CT molecular complexity index is 1050. The Hall–Kier alpha value is -3.47. The fraction of sp³-hybridized carbons (Fsp3) is 0.136. The van der Waals surface area contributed by atoms with Crippen LogP contribution >= 0.6 is 0 Å². The van der Waals surface area contributed by atoms with Gasteiger partial charge in [-0.1, -0.05) is 71.4 Å². The van der Waals surface area contributed by atoms with Gasteiger partial charge < -0.3 is 5.32 Å². The smallest absolute Gasteiger partial charge is 0.233 e. The number of aryl methyl sites for hydroxylation is 1. The van der Waals surface area contributed by atoms with Crippen LogP contribution < -0.4 is 5.32 Å². The van der Waals surface area contributed by atoms with E-state index in [0.29, 0.717) is 12.2 Å². The minimum atomic E-state index is -0.312. The van der Waals surface area contributed by atoms with E-state index in [-0.39, 0.29) is 11.8 Å². The summed E-state index contributed by atoms with van der Waals surface area (Å²) in [4.78, 5) is 13.2. The predicted octanol–water partition coefficient (Wildman–Crippen LogP) is 4.00. The molecule has 4 aromatic rings. The van der Waals surface area contributed by atoms with Gasteiger partial charge in [0.15, 0.2) is 5.82 Å². The second-order valence-electron chi connectivity index (χ2n) is 6.61. The molecule has 0 spiro atoms. The summed E-state index contributed by atoms with van der Waals surface area (Å²) in [5.74, 6) is 0.0770. The van der Waals surface area contributed by atoms with Gasteiger partial charge in [-0.2, -0.15) is 0 Å². The lowest BCUT2D eigenvalue weighted by Gasteiger charge is -2.17. The fourth-order valence-electron chi connectivity index (χ4n) is 3.15. The van der Waals surface area contributed by atoms with Crippen molar-refractivity contribution in [1.82, 2.24) is 14.8 Å². The van der Waals surface area contributed by atoms with Crippen LogP contribution in [0.4, 0.5) is 5.82 Å². The quantitative estimate of drug-likeness (QED) is 0.588. The van der Waals surface area contributed by atoms with Gasteiger partial charge >= 0.3 is 0 Å². The highest BCUT2D eigenvalue weighted by atomic mass is 16.2. The molecule has 2 heterocycles. The number of amides is 1. The molecule has 27 heavy (non-hydrogen) atoms. The molecule has 5 heteroatoms. The zero-order valence-corrected chi connectivity index (χ0v) is 15.0. The zero-order valence-electron chi connectivity index (χ0n) is 15.0. The Morgan fingerprint density at radius 2 is 1.74 bits per heavy atom. The van der Waals surface area contributed by atoms with Crippen LogP contribution in [0, 0.1) is 6.92 Å². The van der Waals surface area contributed by atoms with E-state index in [9.17, 15) is 4.79 Å². The molecule has 0 saturated heterocycles. The average molecular weight is 356 g/mol. The van der Waals surface area contributed by atoms with Crippen LogP contribution in [-0.2, 0) is 11.2 Å². The molecule has 1 unspecified atom stereocenters. The number of rotatable bonds is 5. The lowest BCUT2D eigenvalue weighted by Crippen LogP contribution is -2.23. The third-order valence-corrected chi connectivity index (χ3v) is 4.64. The first-order chi connectivity index (χ1) is 13.2. The third kappa shape index (κ3) is 3.72. The maximum atomic E-state index is 13.2. The molecule has 0 aliphatic heterocycles. The predicted molar refractivity (Wildman–Crippen MR) is 106 cm³/mol. The van der Waals surface area contributed by atoms with E-state index in [1.54, 1.807) is 10.7 Å². The summed E-state index contributed by atoms with van der Waals surface area (Å²) >= 11 is 0. The summed E-state index contributed by atoms with van der Waals surface area (Å²) in [7, 11) is 0. The highest BCUT2D eigenvalue weighted by Crippen LogP contribution is 2.24. The van der Waals surface area contributed by atoms with Gasteiger partial charge in [-0.25, -0.2) is 4.52 Å². The van der Waals surface area contributed by atoms with Crippen LogP contribution in [0.2, 0.25) is 0 Å². The first-order valence-electron chi connectivity index (χ1n) is 8.92. The third-order valence-electron chi connectivity index (χ3n) is 4.64. The fourth-order valence-corrected chi connectivity index (χ4v) is 3.15. The molecule has 1 amide bonds. The van der Waals surface area contributed by atoms with E-state index in [1.807, 2.05) is 79.7 Å². The molecule has 134 valence electrons. The van der Waals surface area contributed by atoms with Crippen molar-refractivity contribution in [3.8, 4) is 0 Å². The van der Waals surface area contributed by atoms with E-state index < -0.39 is 0 Å². The number of nitrogens with one attached hydrogen (secondary N) is 1. The van der Waals surface area contributed by atoms with Gasteiger partial charge in [0.1, 0.15) is 5.52 Å². The molecule has 0 aliphatic carbocycles. The maximum Gasteiger partial charge on any atom is 0.233 e. The normalized spacial score (nSPS) is 12.0. The highest BCUT2D eigenvalue weighted by molar-refractivity contribution is 5.98. The van der Waals surface area contributed by atoms with Gasteiger partial charge in [0.2, 0.25) is 5.91 Å². The number of fused-ring (bicyclic) bond motifs is 1. The Morgan fingerprint density at radius 1 is 1.00 bits per heavy atom. The molecule has 4 rings (SSSR count). The van der Waals surface area contributed by atoms with Gasteiger partial charge in [0.25, 0.3) is 0 Å². The maximum absolute atomic E-state index is 13.2.